The molecule has 3 heterocycles. The van der Waals surface area contributed by atoms with Gasteiger partial charge >= 0.3 is 0 Å². The molecule has 0 atom stereocenters. The van der Waals surface area contributed by atoms with Crippen molar-refractivity contribution in [3.05, 3.63) is 47.8 Å². The molecule has 0 aromatic carbocycles. The Morgan fingerprint density at radius 1 is 1.42 bits per heavy atom. The molecule has 0 aliphatic rings. The van der Waals surface area contributed by atoms with Crippen molar-refractivity contribution in [2.45, 2.75) is 13.8 Å². The number of pyridine rings is 1. The highest BCUT2D eigenvalue weighted by Gasteiger charge is 2.12. The number of fused-ring (bicyclic) bond motifs is 1. The van der Waals surface area contributed by atoms with E-state index in [4.69, 9.17) is 0 Å². The SMILES string of the molecule is Cc1n[nH]c(C)c1NC(=O)c1ccn2cncc2c1. The number of nitrogens with one attached hydrogen (secondary N) is 2. The number of nitrogens with zero attached hydrogens (tertiary/aromatic N) is 3. The van der Waals surface area contributed by atoms with Gasteiger partial charge in [-0.2, -0.15) is 5.10 Å². The van der Waals surface area contributed by atoms with Crippen LogP contribution in [0.15, 0.2) is 30.9 Å². The number of aromatic amines is 1. The van der Waals surface area contributed by atoms with Crippen LogP contribution >= 0.6 is 0 Å². The zero-order valence-corrected chi connectivity index (χ0v) is 10.6. The summed E-state index contributed by atoms with van der Waals surface area (Å²) in [6.45, 7) is 3.72. The summed E-state index contributed by atoms with van der Waals surface area (Å²) in [5.41, 5.74) is 3.83. The number of hydrogen-bond acceptors (Lipinski definition) is 3. The fourth-order valence-corrected chi connectivity index (χ4v) is 1.98. The van der Waals surface area contributed by atoms with Gasteiger partial charge in [-0.25, -0.2) is 4.98 Å². The minimum Gasteiger partial charge on any atom is -0.319 e. The zero-order chi connectivity index (χ0) is 13.4. The van der Waals surface area contributed by atoms with Crippen molar-refractivity contribution in [3.8, 4) is 0 Å². The quantitative estimate of drug-likeness (QED) is 0.734. The van der Waals surface area contributed by atoms with Gasteiger partial charge in [0.25, 0.3) is 5.91 Å². The van der Waals surface area contributed by atoms with Crippen molar-refractivity contribution in [1.29, 1.82) is 0 Å². The second-order valence-electron chi connectivity index (χ2n) is 4.40. The van der Waals surface area contributed by atoms with Crippen LogP contribution in [0.3, 0.4) is 0 Å². The molecule has 19 heavy (non-hydrogen) atoms. The standard InChI is InChI=1S/C13H13N5O/c1-8-12(9(2)17-16-8)15-13(19)10-3-4-18-7-14-6-11(18)5-10/h3-7H,1-2H3,(H,15,19)(H,16,17). The lowest BCUT2D eigenvalue weighted by atomic mass is 10.2. The van der Waals surface area contributed by atoms with Gasteiger partial charge in [0.05, 0.1) is 35.1 Å². The number of imidazole rings is 1. The van der Waals surface area contributed by atoms with E-state index in [1.165, 1.54) is 0 Å². The Hall–Kier alpha value is -2.63. The molecule has 3 rings (SSSR count). The molecule has 0 aliphatic heterocycles. The average Bonchev–Trinajstić information content (AvgIpc) is 2.99. The summed E-state index contributed by atoms with van der Waals surface area (Å²) >= 11 is 0. The monoisotopic (exact) mass is 255 g/mol. The lowest BCUT2D eigenvalue weighted by molar-refractivity contribution is 0.102. The van der Waals surface area contributed by atoms with Gasteiger partial charge in [-0.3, -0.25) is 9.89 Å². The summed E-state index contributed by atoms with van der Waals surface area (Å²) in [6, 6.07) is 3.56. The Morgan fingerprint density at radius 3 is 3.00 bits per heavy atom. The van der Waals surface area contributed by atoms with Crippen LogP contribution in [0.1, 0.15) is 21.7 Å². The van der Waals surface area contributed by atoms with E-state index in [0.717, 1.165) is 22.6 Å². The lowest BCUT2D eigenvalue weighted by Gasteiger charge is -2.05. The molecular formula is C13H13N5O. The summed E-state index contributed by atoms with van der Waals surface area (Å²) in [5, 5.41) is 9.76. The smallest absolute Gasteiger partial charge is 0.255 e. The molecule has 96 valence electrons. The maximum atomic E-state index is 12.2. The first kappa shape index (κ1) is 11.5. The minimum atomic E-state index is -0.156. The number of carbonyl (C=O) groups is 1. The van der Waals surface area contributed by atoms with E-state index >= 15 is 0 Å². The van der Waals surface area contributed by atoms with E-state index in [9.17, 15) is 4.79 Å². The van der Waals surface area contributed by atoms with E-state index in [1.54, 1.807) is 24.7 Å². The van der Waals surface area contributed by atoms with Crippen molar-refractivity contribution in [1.82, 2.24) is 19.6 Å². The maximum Gasteiger partial charge on any atom is 0.255 e. The van der Waals surface area contributed by atoms with Crippen LogP contribution in [0, 0.1) is 13.8 Å². The van der Waals surface area contributed by atoms with Crippen molar-refractivity contribution < 1.29 is 4.79 Å². The molecule has 3 aromatic heterocycles. The fourth-order valence-electron chi connectivity index (χ4n) is 1.98. The third-order valence-corrected chi connectivity index (χ3v) is 3.04. The maximum absolute atomic E-state index is 12.2. The first-order valence-corrected chi connectivity index (χ1v) is 5.90. The number of H-pyrrole nitrogens is 1. The molecule has 0 aliphatic carbocycles. The predicted molar refractivity (Wildman–Crippen MR) is 71.2 cm³/mol. The largest absolute Gasteiger partial charge is 0.319 e. The Balaban J connectivity index is 1.91. The van der Waals surface area contributed by atoms with Crippen LogP contribution in [-0.2, 0) is 0 Å². The van der Waals surface area contributed by atoms with Crippen molar-refractivity contribution >= 4 is 17.1 Å². The summed E-state index contributed by atoms with van der Waals surface area (Å²) in [6.07, 6.45) is 5.22. The topological polar surface area (TPSA) is 75.1 Å². The number of carbonyl (C=O) groups excluding carboxylic acids is 1. The van der Waals surface area contributed by atoms with Crippen LogP contribution in [0.4, 0.5) is 5.69 Å². The third-order valence-electron chi connectivity index (χ3n) is 3.04. The predicted octanol–water partition coefficient (Wildman–Crippen LogP) is 1.93. The molecule has 1 amide bonds. The van der Waals surface area contributed by atoms with Gasteiger partial charge < -0.3 is 9.72 Å². The normalized spacial score (nSPS) is 10.8. The molecule has 6 heteroatoms. The van der Waals surface area contributed by atoms with Crippen LogP contribution in [-0.4, -0.2) is 25.5 Å². The average molecular weight is 255 g/mol. The van der Waals surface area contributed by atoms with Gasteiger partial charge in [0.2, 0.25) is 0 Å². The molecule has 0 bridgehead atoms. The highest BCUT2D eigenvalue weighted by atomic mass is 16.1. The Bertz CT molecular complexity index is 736. The summed E-state index contributed by atoms with van der Waals surface area (Å²) < 4.78 is 1.85. The number of amides is 1. The van der Waals surface area contributed by atoms with Crippen molar-refractivity contribution in [3.63, 3.8) is 0 Å². The number of aromatic nitrogens is 4. The number of aryl methyl sites for hydroxylation is 2. The second-order valence-corrected chi connectivity index (χ2v) is 4.40. The van der Waals surface area contributed by atoms with Crippen LogP contribution in [0.5, 0.6) is 0 Å². The minimum absolute atomic E-state index is 0.156. The Kier molecular flexibility index (Phi) is 2.56. The zero-order valence-electron chi connectivity index (χ0n) is 10.6. The first-order chi connectivity index (χ1) is 9.15. The second kappa shape index (κ2) is 4.24. The van der Waals surface area contributed by atoms with Crippen LogP contribution < -0.4 is 5.32 Å². The molecule has 3 aromatic rings. The van der Waals surface area contributed by atoms with Crippen LogP contribution in [0.2, 0.25) is 0 Å². The molecule has 0 unspecified atom stereocenters. The highest BCUT2D eigenvalue weighted by molar-refractivity contribution is 6.05. The summed E-state index contributed by atoms with van der Waals surface area (Å²) in [4.78, 5) is 16.2. The van der Waals surface area contributed by atoms with Crippen LogP contribution in [0.25, 0.3) is 5.52 Å². The lowest BCUT2D eigenvalue weighted by Crippen LogP contribution is -2.13. The number of hydrogen-bond donors (Lipinski definition) is 2. The number of anilines is 1. The Labute approximate surface area is 109 Å². The highest BCUT2D eigenvalue weighted by Crippen LogP contribution is 2.17. The van der Waals surface area contributed by atoms with Crippen molar-refractivity contribution in [2.75, 3.05) is 5.32 Å². The van der Waals surface area contributed by atoms with E-state index in [2.05, 4.69) is 20.5 Å². The molecule has 0 fully saturated rings. The van der Waals surface area contributed by atoms with E-state index in [0.29, 0.717) is 5.56 Å². The molecule has 6 nitrogen and oxygen atoms in total. The molecular weight excluding hydrogens is 242 g/mol. The molecule has 0 saturated heterocycles. The molecule has 2 N–H and O–H groups in total. The van der Waals surface area contributed by atoms with Gasteiger partial charge in [0.15, 0.2) is 0 Å². The van der Waals surface area contributed by atoms with Gasteiger partial charge in [0, 0.05) is 11.8 Å². The van der Waals surface area contributed by atoms with Gasteiger partial charge in [-0.15, -0.1) is 0 Å². The molecule has 0 saturated carbocycles. The number of rotatable bonds is 2. The summed E-state index contributed by atoms with van der Waals surface area (Å²) in [7, 11) is 0. The van der Waals surface area contributed by atoms with Gasteiger partial charge in [-0.05, 0) is 26.0 Å². The van der Waals surface area contributed by atoms with Gasteiger partial charge in [0.1, 0.15) is 0 Å². The first-order valence-electron chi connectivity index (χ1n) is 5.90. The van der Waals surface area contributed by atoms with E-state index < -0.39 is 0 Å². The third kappa shape index (κ3) is 1.97. The van der Waals surface area contributed by atoms with E-state index in [-0.39, 0.29) is 5.91 Å². The Morgan fingerprint density at radius 2 is 2.26 bits per heavy atom. The van der Waals surface area contributed by atoms with Crippen molar-refractivity contribution in [2.24, 2.45) is 0 Å². The summed E-state index contributed by atoms with van der Waals surface area (Å²) in [5.74, 6) is -0.156. The van der Waals surface area contributed by atoms with Gasteiger partial charge in [-0.1, -0.05) is 0 Å². The van der Waals surface area contributed by atoms with E-state index in [1.807, 2.05) is 24.4 Å². The fraction of sp³-hybridized carbons (Fsp3) is 0.154. The molecule has 0 spiro atoms. The molecule has 0 radical (unpaired) electrons.